The molecule has 1 aromatic carbocycles. The van der Waals surface area contributed by atoms with Crippen molar-refractivity contribution in [3.8, 4) is 0 Å². The predicted octanol–water partition coefficient (Wildman–Crippen LogP) is 3.48. The van der Waals surface area contributed by atoms with E-state index < -0.39 is 0 Å². The van der Waals surface area contributed by atoms with E-state index in [0.29, 0.717) is 13.1 Å². The molecule has 0 saturated carbocycles. The molecule has 1 aromatic heterocycles. The summed E-state index contributed by atoms with van der Waals surface area (Å²) in [6, 6.07) is 6.58. The van der Waals surface area contributed by atoms with Crippen molar-refractivity contribution < 1.29 is 4.39 Å². The van der Waals surface area contributed by atoms with E-state index >= 15 is 0 Å². The van der Waals surface area contributed by atoms with Gasteiger partial charge in [0.25, 0.3) is 0 Å². The summed E-state index contributed by atoms with van der Waals surface area (Å²) >= 11 is 1.76. The molecule has 2 aromatic rings. The fourth-order valence-electron chi connectivity index (χ4n) is 2.29. The highest BCUT2D eigenvalue weighted by atomic mass is 32.1. The molecule has 6 heteroatoms. The number of thiazole rings is 1. The summed E-state index contributed by atoms with van der Waals surface area (Å²) < 4.78 is 13.0. The lowest BCUT2D eigenvalue weighted by Gasteiger charge is -2.22. The maximum absolute atomic E-state index is 13.0. The highest BCUT2D eigenvalue weighted by molar-refractivity contribution is 7.11. The molecule has 130 valence electrons. The summed E-state index contributed by atoms with van der Waals surface area (Å²) in [4.78, 5) is 12.5. The van der Waals surface area contributed by atoms with E-state index in [9.17, 15) is 4.39 Å². The van der Waals surface area contributed by atoms with Crippen LogP contribution in [0.5, 0.6) is 0 Å². The maximum atomic E-state index is 13.0. The standard InChI is InChI=1S/C18H25FN4S/c1-4-16-12-22-17(24-16)10-11-21-18(20-5-2)23(3)13-14-6-8-15(19)9-7-14/h6-9,12H,4-5,10-11,13H2,1-3H3,(H,20,21). The first-order valence-corrected chi connectivity index (χ1v) is 9.11. The molecule has 0 aliphatic carbocycles. The van der Waals surface area contributed by atoms with Crippen molar-refractivity contribution in [3.05, 3.63) is 51.7 Å². The summed E-state index contributed by atoms with van der Waals surface area (Å²) in [7, 11) is 1.99. The molecule has 0 radical (unpaired) electrons. The topological polar surface area (TPSA) is 40.5 Å². The quantitative estimate of drug-likeness (QED) is 0.615. The van der Waals surface area contributed by atoms with Gasteiger partial charge in [0.2, 0.25) is 0 Å². The normalized spacial score (nSPS) is 11.6. The predicted molar refractivity (Wildman–Crippen MR) is 99.0 cm³/mol. The van der Waals surface area contributed by atoms with Gasteiger partial charge in [-0.15, -0.1) is 11.3 Å². The minimum Gasteiger partial charge on any atom is -0.357 e. The van der Waals surface area contributed by atoms with E-state index in [2.05, 4.69) is 34.0 Å². The molecule has 0 spiro atoms. The van der Waals surface area contributed by atoms with Gasteiger partial charge < -0.3 is 10.2 Å². The van der Waals surface area contributed by atoms with E-state index in [-0.39, 0.29) is 5.82 Å². The SMILES string of the molecule is CCNC(=NCCc1ncc(CC)s1)N(C)Cc1ccc(F)cc1. The van der Waals surface area contributed by atoms with Crippen LogP contribution in [-0.4, -0.2) is 36.0 Å². The average molecular weight is 348 g/mol. The van der Waals surface area contributed by atoms with Crippen LogP contribution in [0.3, 0.4) is 0 Å². The van der Waals surface area contributed by atoms with Crippen molar-refractivity contribution in [2.75, 3.05) is 20.1 Å². The van der Waals surface area contributed by atoms with E-state index in [0.717, 1.165) is 35.9 Å². The van der Waals surface area contributed by atoms with Crippen LogP contribution in [0.4, 0.5) is 4.39 Å². The molecular weight excluding hydrogens is 323 g/mol. The Hall–Kier alpha value is -1.95. The molecule has 4 nitrogen and oxygen atoms in total. The number of aliphatic imine (C=N–C) groups is 1. The van der Waals surface area contributed by atoms with Crippen LogP contribution in [0.2, 0.25) is 0 Å². The Balaban J connectivity index is 1.94. The van der Waals surface area contributed by atoms with Gasteiger partial charge in [-0.1, -0.05) is 19.1 Å². The number of rotatable bonds is 7. The molecule has 0 bridgehead atoms. The number of hydrogen-bond acceptors (Lipinski definition) is 3. The van der Waals surface area contributed by atoms with E-state index in [1.165, 1.54) is 17.0 Å². The molecule has 1 N–H and O–H groups in total. The Kier molecular flexibility index (Phi) is 7.18. The van der Waals surface area contributed by atoms with E-state index in [1.807, 2.05) is 13.2 Å². The van der Waals surface area contributed by atoms with Crippen LogP contribution in [0, 0.1) is 5.82 Å². The van der Waals surface area contributed by atoms with Crippen molar-refractivity contribution >= 4 is 17.3 Å². The minimum absolute atomic E-state index is 0.211. The van der Waals surface area contributed by atoms with Crippen molar-refractivity contribution in [2.45, 2.75) is 33.2 Å². The Morgan fingerprint density at radius 1 is 1.29 bits per heavy atom. The van der Waals surface area contributed by atoms with Crippen LogP contribution < -0.4 is 5.32 Å². The molecule has 0 amide bonds. The number of benzene rings is 1. The Morgan fingerprint density at radius 3 is 2.67 bits per heavy atom. The summed E-state index contributed by atoms with van der Waals surface area (Å²) in [6.45, 7) is 6.39. The highest BCUT2D eigenvalue weighted by Gasteiger charge is 2.07. The molecule has 0 atom stereocenters. The smallest absolute Gasteiger partial charge is 0.193 e. The Morgan fingerprint density at radius 2 is 2.04 bits per heavy atom. The van der Waals surface area contributed by atoms with Gasteiger partial charge in [-0.3, -0.25) is 4.99 Å². The van der Waals surface area contributed by atoms with Gasteiger partial charge in [0.1, 0.15) is 5.82 Å². The van der Waals surface area contributed by atoms with Gasteiger partial charge in [-0.05, 0) is 31.0 Å². The summed E-state index contributed by atoms with van der Waals surface area (Å²) in [5.41, 5.74) is 1.05. The number of aryl methyl sites for hydroxylation is 1. The third kappa shape index (κ3) is 5.60. The van der Waals surface area contributed by atoms with Crippen LogP contribution in [-0.2, 0) is 19.4 Å². The van der Waals surface area contributed by atoms with Gasteiger partial charge in [0, 0.05) is 44.2 Å². The number of nitrogens with zero attached hydrogens (tertiary/aromatic N) is 3. The second kappa shape index (κ2) is 9.37. The van der Waals surface area contributed by atoms with Crippen LogP contribution in [0.15, 0.2) is 35.5 Å². The molecule has 0 fully saturated rings. The first-order chi connectivity index (χ1) is 11.6. The molecular formula is C18H25FN4S. The van der Waals surface area contributed by atoms with Gasteiger partial charge in [0.05, 0.1) is 5.01 Å². The van der Waals surface area contributed by atoms with Gasteiger partial charge in [0.15, 0.2) is 5.96 Å². The van der Waals surface area contributed by atoms with Gasteiger partial charge in [-0.2, -0.15) is 0 Å². The van der Waals surface area contributed by atoms with E-state index in [1.54, 1.807) is 23.5 Å². The summed E-state index contributed by atoms with van der Waals surface area (Å²) in [5.74, 6) is 0.644. The minimum atomic E-state index is -0.211. The monoisotopic (exact) mass is 348 g/mol. The summed E-state index contributed by atoms with van der Waals surface area (Å²) in [5, 5.41) is 4.43. The fraction of sp³-hybridized carbons (Fsp3) is 0.444. The number of nitrogens with one attached hydrogen (secondary N) is 1. The van der Waals surface area contributed by atoms with Crippen molar-refractivity contribution in [1.82, 2.24) is 15.2 Å². The largest absolute Gasteiger partial charge is 0.357 e. The van der Waals surface area contributed by atoms with Crippen LogP contribution in [0.1, 0.15) is 29.3 Å². The van der Waals surface area contributed by atoms with E-state index in [4.69, 9.17) is 0 Å². The average Bonchev–Trinajstić information content (AvgIpc) is 3.04. The third-order valence-electron chi connectivity index (χ3n) is 3.57. The lowest BCUT2D eigenvalue weighted by atomic mass is 10.2. The zero-order valence-corrected chi connectivity index (χ0v) is 15.4. The maximum Gasteiger partial charge on any atom is 0.193 e. The fourth-order valence-corrected chi connectivity index (χ4v) is 3.14. The Bertz CT molecular complexity index is 651. The zero-order chi connectivity index (χ0) is 17.4. The molecule has 0 aliphatic rings. The second-order valence-corrected chi connectivity index (χ2v) is 6.74. The number of guanidine groups is 1. The lowest BCUT2D eigenvalue weighted by Crippen LogP contribution is -2.38. The second-order valence-electron chi connectivity index (χ2n) is 5.54. The lowest BCUT2D eigenvalue weighted by molar-refractivity contribution is 0.476. The number of aromatic nitrogens is 1. The zero-order valence-electron chi connectivity index (χ0n) is 14.6. The number of halogens is 1. The first-order valence-electron chi connectivity index (χ1n) is 8.29. The van der Waals surface area contributed by atoms with Crippen molar-refractivity contribution in [3.63, 3.8) is 0 Å². The first kappa shape index (κ1) is 18.4. The molecule has 24 heavy (non-hydrogen) atoms. The van der Waals surface area contributed by atoms with Crippen LogP contribution in [0.25, 0.3) is 0 Å². The Labute approximate surface area is 147 Å². The number of hydrogen-bond donors (Lipinski definition) is 1. The molecule has 2 rings (SSSR count). The van der Waals surface area contributed by atoms with Crippen molar-refractivity contribution in [1.29, 1.82) is 0 Å². The third-order valence-corrected chi connectivity index (χ3v) is 4.77. The van der Waals surface area contributed by atoms with Gasteiger partial charge >= 0.3 is 0 Å². The molecule has 0 aliphatic heterocycles. The molecule has 0 unspecified atom stereocenters. The van der Waals surface area contributed by atoms with Crippen molar-refractivity contribution in [2.24, 2.45) is 4.99 Å². The highest BCUT2D eigenvalue weighted by Crippen LogP contribution is 2.13. The molecule has 1 heterocycles. The molecule has 0 saturated heterocycles. The van der Waals surface area contributed by atoms with Crippen LogP contribution >= 0.6 is 11.3 Å². The van der Waals surface area contributed by atoms with Gasteiger partial charge in [-0.25, -0.2) is 9.37 Å². The summed E-state index contributed by atoms with van der Waals surface area (Å²) in [6.07, 6.45) is 3.84.